The van der Waals surface area contributed by atoms with Gasteiger partial charge in [0.1, 0.15) is 5.75 Å². The summed E-state index contributed by atoms with van der Waals surface area (Å²) in [5, 5.41) is 4.07. The molecule has 2 N–H and O–H groups in total. The third kappa shape index (κ3) is 3.04. The number of rotatable bonds is 3. The van der Waals surface area contributed by atoms with Crippen molar-refractivity contribution in [1.82, 2.24) is 10.3 Å². The van der Waals surface area contributed by atoms with Gasteiger partial charge in [0.15, 0.2) is 0 Å². The molecule has 2 aromatic rings. The zero-order valence-electron chi connectivity index (χ0n) is 13.6. The van der Waals surface area contributed by atoms with Crippen molar-refractivity contribution in [2.75, 3.05) is 7.11 Å². The van der Waals surface area contributed by atoms with E-state index in [1.54, 1.807) is 7.11 Å². The fourth-order valence-corrected chi connectivity index (χ4v) is 2.36. The Labute approximate surface area is 125 Å². The summed E-state index contributed by atoms with van der Waals surface area (Å²) < 4.78 is 5.29. The van der Waals surface area contributed by atoms with E-state index in [9.17, 15) is 4.79 Å². The highest BCUT2D eigenvalue weighted by molar-refractivity contribution is 5.95. The Morgan fingerprint density at radius 3 is 2.43 bits per heavy atom. The fourth-order valence-electron chi connectivity index (χ4n) is 2.36. The Hall–Kier alpha value is -1.97. The smallest absolute Gasteiger partial charge is 0.230 e. The first kappa shape index (κ1) is 15.4. The topological polar surface area (TPSA) is 54.1 Å². The minimum Gasteiger partial charge on any atom is -0.497 e. The number of carbonyl (C=O) groups is 1. The first-order valence-corrected chi connectivity index (χ1v) is 7.13. The molecule has 0 radical (unpaired) electrons. The first-order valence-electron chi connectivity index (χ1n) is 7.13. The molecule has 0 saturated heterocycles. The Bertz CT molecular complexity index is 663. The average Bonchev–Trinajstić information content (AvgIpc) is 2.79. The van der Waals surface area contributed by atoms with E-state index in [1.807, 2.05) is 59.0 Å². The van der Waals surface area contributed by atoms with Gasteiger partial charge < -0.3 is 15.0 Å². The molecule has 1 amide bonds. The zero-order valence-corrected chi connectivity index (χ0v) is 13.6. The van der Waals surface area contributed by atoms with Crippen LogP contribution in [0, 0.1) is 0 Å². The monoisotopic (exact) mass is 288 g/mol. The maximum Gasteiger partial charge on any atom is 0.230 e. The minimum atomic E-state index is -0.627. The number of methoxy groups -OCH3 is 1. The Morgan fingerprint density at radius 1 is 1.19 bits per heavy atom. The maximum atomic E-state index is 12.6. The molecule has 0 saturated carbocycles. The fraction of sp³-hybridized carbons (Fsp3) is 0.471. The largest absolute Gasteiger partial charge is 0.497 e. The Morgan fingerprint density at radius 2 is 1.86 bits per heavy atom. The van der Waals surface area contributed by atoms with Gasteiger partial charge >= 0.3 is 0 Å². The number of nitrogens with one attached hydrogen (secondary N) is 2. The van der Waals surface area contributed by atoms with Gasteiger partial charge in [0, 0.05) is 22.6 Å². The number of amides is 1. The van der Waals surface area contributed by atoms with Crippen LogP contribution < -0.4 is 10.1 Å². The third-order valence-electron chi connectivity index (χ3n) is 3.62. The zero-order chi connectivity index (χ0) is 15.8. The van der Waals surface area contributed by atoms with Crippen molar-refractivity contribution in [3.8, 4) is 5.75 Å². The van der Waals surface area contributed by atoms with E-state index >= 15 is 0 Å². The van der Waals surface area contributed by atoms with Gasteiger partial charge in [0.25, 0.3) is 0 Å². The van der Waals surface area contributed by atoms with E-state index in [-0.39, 0.29) is 11.4 Å². The van der Waals surface area contributed by atoms with Gasteiger partial charge in [0.2, 0.25) is 5.91 Å². The molecule has 1 aromatic carbocycles. The average molecular weight is 288 g/mol. The number of aromatic nitrogens is 1. The van der Waals surface area contributed by atoms with Crippen molar-refractivity contribution in [2.45, 2.75) is 45.6 Å². The van der Waals surface area contributed by atoms with Gasteiger partial charge in [-0.05, 0) is 58.4 Å². The van der Waals surface area contributed by atoms with Crippen molar-refractivity contribution >= 4 is 16.8 Å². The second-order valence-electron chi connectivity index (χ2n) is 6.94. The lowest BCUT2D eigenvalue weighted by atomic mass is 9.82. The molecule has 0 aliphatic heterocycles. The molecule has 0 atom stereocenters. The van der Waals surface area contributed by atoms with Crippen LogP contribution in [0.15, 0.2) is 24.4 Å². The number of aromatic amines is 1. The van der Waals surface area contributed by atoms with Crippen LogP contribution in [0.25, 0.3) is 10.9 Å². The van der Waals surface area contributed by atoms with Crippen LogP contribution in [-0.4, -0.2) is 23.5 Å². The second kappa shape index (κ2) is 5.10. The quantitative estimate of drug-likeness (QED) is 0.910. The number of ether oxygens (including phenoxy) is 1. The van der Waals surface area contributed by atoms with E-state index in [0.29, 0.717) is 0 Å². The van der Waals surface area contributed by atoms with Gasteiger partial charge in [-0.2, -0.15) is 0 Å². The Kier molecular flexibility index (Phi) is 3.74. The third-order valence-corrected chi connectivity index (χ3v) is 3.62. The van der Waals surface area contributed by atoms with Gasteiger partial charge in [-0.1, -0.05) is 0 Å². The summed E-state index contributed by atoms with van der Waals surface area (Å²) in [4.78, 5) is 15.8. The van der Waals surface area contributed by atoms with Crippen molar-refractivity contribution in [3.63, 3.8) is 0 Å². The van der Waals surface area contributed by atoms with Gasteiger partial charge in [-0.3, -0.25) is 4.79 Å². The summed E-state index contributed by atoms with van der Waals surface area (Å²) in [6, 6.07) is 5.84. The van der Waals surface area contributed by atoms with Gasteiger partial charge in [-0.15, -0.1) is 0 Å². The molecule has 114 valence electrons. The van der Waals surface area contributed by atoms with Crippen molar-refractivity contribution in [2.24, 2.45) is 0 Å². The number of benzene rings is 1. The molecule has 0 spiro atoms. The molecule has 1 heterocycles. The van der Waals surface area contributed by atoms with Crippen LogP contribution >= 0.6 is 0 Å². The van der Waals surface area contributed by atoms with E-state index < -0.39 is 5.41 Å². The van der Waals surface area contributed by atoms with Crippen LogP contribution in [0.5, 0.6) is 5.75 Å². The summed E-state index contributed by atoms with van der Waals surface area (Å²) in [5.74, 6) is 0.800. The van der Waals surface area contributed by atoms with Gasteiger partial charge in [0.05, 0.1) is 12.5 Å². The molecule has 2 rings (SSSR count). The van der Waals surface area contributed by atoms with Crippen LogP contribution in [0.1, 0.15) is 40.2 Å². The number of fused-ring (bicyclic) bond motifs is 1. The Balaban J connectivity index is 2.46. The highest BCUT2D eigenvalue weighted by atomic mass is 16.5. The second-order valence-corrected chi connectivity index (χ2v) is 6.94. The van der Waals surface area contributed by atoms with Crippen LogP contribution in [0.4, 0.5) is 0 Å². The summed E-state index contributed by atoms with van der Waals surface area (Å²) in [6.45, 7) is 9.84. The highest BCUT2D eigenvalue weighted by Gasteiger charge is 2.34. The molecular formula is C17H24N2O2. The molecular weight excluding hydrogens is 264 g/mol. The maximum absolute atomic E-state index is 12.6. The molecule has 0 fully saturated rings. The van der Waals surface area contributed by atoms with E-state index in [0.717, 1.165) is 22.2 Å². The van der Waals surface area contributed by atoms with Gasteiger partial charge in [-0.25, -0.2) is 0 Å². The van der Waals surface area contributed by atoms with Crippen molar-refractivity contribution in [1.29, 1.82) is 0 Å². The lowest BCUT2D eigenvalue weighted by Gasteiger charge is -2.29. The normalized spacial score (nSPS) is 12.5. The first-order chi connectivity index (χ1) is 9.65. The van der Waals surface area contributed by atoms with E-state index in [4.69, 9.17) is 4.74 Å². The van der Waals surface area contributed by atoms with Crippen molar-refractivity contribution < 1.29 is 9.53 Å². The molecule has 0 aliphatic carbocycles. The minimum absolute atomic E-state index is 0.0127. The molecule has 0 unspecified atom stereocenters. The standard InChI is InChI=1S/C17H24N2O2/c1-16(2,3)19-15(20)17(4,5)13-10-18-14-8-7-11(21-6)9-12(13)14/h7-10,18H,1-6H3,(H,19,20). The molecule has 4 nitrogen and oxygen atoms in total. The molecule has 21 heavy (non-hydrogen) atoms. The number of hydrogen-bond acceptors (Lipinski definition) is 2. The lowest BCUT2D eigenvalue weighted by molar-refractivity contribution is -0.127. The van der Waals surface area contributed by atoms with E-state index in [1.165, 1.54) is 0 Å². The van der Waals surface area contributed by atoms with Crippen molar-refractivity contribution in [3.05, 3.63) is 30.0 Å². The summed E-state index contributed by atoms with van der Waals surface area (Å²) in [6.07, 6.45) is 1.91. The number of H-pyrrole nitrogens is 1. The lowest BCUT2D eigenvalue weighted by Crippen LogP contribution is -2.48. The SMILES string of the molecule is COc1ccc2[nH]cc(C(C)(C)C(=O)NC(C)(C)C)c2c1. The van der Waals surface area contributed by atoms with Crippen LogP contribution in [0.3, 0.4) is 0 Å². The molecule has 4 heteroatoms. The number of hydrogen-bond donors (Lipinski definition) is 2. The summed E-state index contributed by atoms with van der Waals surface area (Å²) >= 11 is 0. The predicted molar refractivity (Wildman–Crippen MR) is 85.8 cm³/mol. The van der Waals surface area contributed by atoms with E-state index in [2.05, 4.69) is 10.3 Å². The predicted octanol–water partition coefficient (Wildman–Crippen LogP) is 3.37. The number of carbonyl (C=O) groups excluding carboxylic acids is 1. The van der Waals surface area contributed by atoms with Crippen LogP contribution in [0.2, 0.25) is 0 Å². The molecule has 0 bridgehead atoms. The molecule has 0 aliphatic rings. The van der Waals surface area contributed by atoms with Crippen LogP contribution in [-0.2, 0) is 10.2 Å². The molecule has 1 aromatic heterocycles. The highest BCUT2D eigenvalue weighted by Crippen LogP contribution is 2.33. The summed E-state index contributed by atoms with van der Waals surface area (Å²) in [7, 11) is 1.64. The summed E-state index contributed by atoms with van der Waals surface area (Å²) in [5.41, 5.74) is 1.09.